The number of phenolic OH excluding ortho intramolecular Hbond substituents is 1. The Balaban J connectivity index is 2.05. The lowest BCUT2D eigenvalue weighted by Crippen LogP contribution is -2.77. The van der Waals surface area contributed by atoms with E-state index in [1.165, 1.54) is 25.1 Å². The van der Waals surface area contributed by atoms with Crippen molar-refractivity contribution in [1.29, 1.82) is 0 Å². The highest BCUT2D eigenvalue weighted by Gasteiger charge is 2.72. The number of primary amides is 1. The second-order valence-electron chi connectivity index (χ2n) is 10.6. The molecule has 3 aliphatic carbocycles. The number of benzene rings is 1. The number of aliphatic hydroxyl groups is 3. The van der Waals surface area contributed by atoms with Crippen molar-refractivity contribution in [2.75, 3.05) is 25.6 Å². The zero-order chi connectivity index (χ0) is 29.0. The van der Waals surface area contributed by atoms with E-state index in [1.807, 2.05) is 6.92 Å². The third-order valence-electron chi connectivity index (χ3n) is 8.08. The average Bonchev–Trinajstić information content (AvgIpc) is 2.84. The number of hydrogen-bond acceptors (Lipinski definition) is 11. The minimum absolute atomic E-state index is 0.0123. The second-order valence-corrected chi connectivity index (χ2v) is 11.7. The van der Waals surface area contributed by atoms with Crippen LogP contribution in [0.4, 0.5) is 0 Å². The third kappa shape index (κ3) is 4.33. The second kappa shape index (κ2) is 10.6. The summed E-state index contributed by atoms with van der Waals surface area (Å²) in [6, 6.07) is 3.42. The molecule has 12 heteroatoms. The highest BCUT2D eigenvalue weighted by molar-refractivity contribution is 7.99. The Hall–Kier alpha value is -2.93. The van der Waals surface area contributed by atoms with Crippen LogP contribution in [0.5, 0.6) is 5.75 Å². The van der Waals surface area contributed by atoms with Gasteiger partial charge in [0.2, 0.25) is 11.7 Å². The number of hydrogen-bond donors (Lipinski definition) is 5. The van der Waals surface area contributed by atoms with Crippen LogP contribution >= 0.6 is 11.8 Å². The maximum absolute atomic E-state index is 14.2. The van der Waals surface area contributed by atoms with Gasteiger partial charge in [0.1, 0.15) is 23.5 Å². The predicted octanol–water partition coefficient (Wildman–Crippen LogP) is 0.355. The minimum Gasteiger partial charge on any atom is -0.507 e. The van der Waals surface area contributed by atoms with Crippen LogP contribution in [-0.4, -0.2) is 98.2 Å². The number of rotatable bonds is 7. The van der Waals surface area contributed by atoms with E-state index in [0.717, 1.165) is 19.1 Å². The third-order valence-corrected chi connectivity index (χ3v) is 9.37. The van der Waals surface area contributed by atoms with Gasteiger partial charge in [0.05, 0.1) is 17.6 Å². The van der Waals surface area contributed by atoms with Gasteiger partial charge in [-0.15, -0.1) is 0 Å². The Labute approximate surface area is 230 Å². The molecule has 8 atom stereocenters. The number of aromatic hydroxyl groups is 1. The molecular weight excluding hydrogens is 528 g/mol. The fraction of sp³-hybridized carbons (Fsp3) is 0.556. The molecule has 4 rings (SSSR count). The van der Waals surface area contributed by atoms with Crippen LogP contribution in [-0.2, 0) is 23.9 Å². The van der Waals surface area contributed by atoms with Crippen LogP contribution in [0.2, 0.25) is 0 Å². The van der Waals surface area contributed by atoms with Crippen molar-refractivity contribution in [2.24, 2.45) is 23.5 Å². The first-order chi connectivity index (χ1) is 18.3. The number of aliphatic hydroxyl groups excluding tert-OH is 2. The minimum atomic E-state index is -2.96. The molecule has 1 aromatic carbocycles. The molecule has 0 bridgehead atoms. The first kappa shape index (κ1) is 29.1. The quantitative estimate of drug-likeness (QED) is 0.175. The fourth-order valence-corrected chi connectivity index (χ4v) is 7.71. The largest absolute Gasteiger partial charge is 0.507 e. The molecule has 2 saturated carbocycles. The lowest BCUT2D eigenvalue weighted by Gasteiger charge is -2.57. The van der Waals surface area contributed by atoms with Crippen LogP contribution < -0.4 is 5.73 Å². The van der Waals surface area contributed by atoms with E-state index in [0.29, 0.717) is 11.3 Å². The van der Waals surface area contributed by atoms with Crippen molar-refractivity contribution >= 4 is 41.0 Å². The lowest BCUT2D eigenvalue weighted by atomic mass is 9.51. The van der Waals surface area contributed by atoms with Gasteiger partial charge in [-0.25, -0.2) is 0 Å². The van der Waals surface area contributed by atoms with Crippen molar-refractivity contribution in [3.05, 3.63) is 34.9 Å². The van der Waals surface area contributed by atoms with E-state index >= 15 is 0 Å². The Bertz CT molecular complexity index is 1250. The van der Waals surface area contributed by atoms with Gasteiger partial charge in [0.25, 0.3) is 0 Å². The zero-order valence-electron chi connectivity index (χ0n) is 22.2. The number of nitrogens with zero attached hydrogens (tertiary/aromatic N) is 1. The topological polar surface area (TPSA) is 188 Å². The molecule has 0 spiro atoms. The molecule has 3 aliphatic rings. The number of likely N-dealkylation sites (N-methyl/N-ethyl adjacent to an activating group) is 1. The van der Waals surface area contributed by atoms with Crippen LogP contribution in [0.1, 0.15) is 37.3 Å². The van der Waals surface area contributed by atoms with Crippen molar-refractivity contribution < 1.29 is 44.3 Å². The number of nitrogens with two attached hydrogens (primary N) is 1. The first-order valence-electron chi connectivity index (χ1n) is 12.8. The summed E-state index contributed by atoms with van der Waals surface area (Å²) in [5.74, 6) is -9.34. The molecule has 1 aromatic rings. The van der Waals surface area contributed by atoms with Gasteiger partial charge in [-0.2, -0.15) is 11.8 Å². The molecular formula is C27H34N2O9S. The summed E-state index contributed by atoms with van der Waals surface area (Å²) in [4.78, 5) is 54.1. The number of carbonyl (C=O) groups excluding carboxylic acids is 4. The highest BCUT2D eigenvalue weighted by Crippen LogP contribution is 2.57. The van der Waals surface area contributed by atoms with E-state index in [9.17, 15) is 39.6 Å². The SMILES string of the molecule is CCCSC[C@H]1c2cccc(O)c2C(O)=C2C(=O)[C@]3(O)C(=O)C(C(N)=O)C(O)[C@@H](N(C)C)[C@@H]3[C@@H](OC(C)=O)[C@@H]21. The lowest BCUT2D eigenvalue weighted by molar-refractivity contribution is -0.206. The molecule has 0 aliphatic heterocycles. The molecule has 1 amide bonds. The van der Waals surface area contributed by atoms with Crippen LogP contribution in [0.3, 0.4) is 0 Å². The number of phenols is 1. The van der Waals surface area contributed by atoms with Gasteiger partial charge in [0, 0.05) is 36.1 Å². The summed E-state index contributed by atoms with van der Waals surface area (Å²) in [6.07, 6.45) is -2.23. The normalized spacial score (nSPS) is 33.9. The van der Waals surface area contributed by atoms with Gasteiger partial charge >= 0.3 is 5.97 Å². The zero-order valence-corrected chi connectivity index (χ0v) is 23.0. The molecule has 212 valence electrons. The number of esters is 1. The predicted molar refractivity (Wildman–Crippen MR) is 142 cm³/mol. The van der Waals surface area contributed by atoms with E-state index in [4.69, 9.17) is 10.5 Å². The van der Waals surface area contributed by atoms with E-state index in [1.54, 1.807) is 23.9 Å². The fourth-order valence-electron chi connectivity index (χ4n) is 6.61. The Morgan fingerprint density at radius 2 is 1.87 bits per heavy atom. The molecule has 11 nitrogen and oxygen atoms in total. The van der Waals surface area contributed by atoms with Gasteiger partial charge < -0.3 is 35.8 Å². The molecule has 2 unspecified atom stereocenters. The van der Waals surface area contributed by atoms with Gasteiger partial charge in [-0.05, 0) is 37.9 Å². The standard InChI is InChI=1S/C27H34N2O9S/c1-5-9-39-10-13-12-7-6-8-14(31)15(12)21(32)17-16(13)23(38-11(2)30)19-20(29(3)4)22(33)18(26(28)36)25(35)27(19,37)24(17)34/h6-8,13,16,18-20,22-23,31-33,37H,5,9-10H2,1-4H3,(H2,28,36)/t13-,16+,18?,19+,20-,22?,23-,27-/m0/s1. The van der Waals surface area contributed by atoms with Crippen LogP contribution in [0, 0.1) is 17.8 Å². The summed E-state index contributed by atoms with van der Waals surface area (Å²) in [6.45, 7) is 3.14. The summed E-state index contributed by atoms with van der Waals surface area (Å²) in [5.41, 5.74) is 2.61. The van der Waals surface area contributed by atoms with Crippen molar-refractivity contribution in [3.63, 3.8) is 0 Å². The number of thioether (sulfide) groups is 1. The maximum atomic E-state index is 14.2. The van der Waals surface area contributed by atoms with Gasteiger partial charge in [-0.3, -0.25) is 19.2 Å². The molecule has 0 radical (unpaired) electrons. The number of fused-ring (bicyclic) bond motifs is 3. The molecule has 0 aromatic heterocycles. The molecule has 6 N–H and O–H groups in total. The van der Waals surface area contributed by atoms with Gasteiger partial charge in [-0.1, -0.05) is 19.1 Å². The highest BCUT2D eigenvalue weighted by atomic mass is 32.2. The first-order valence-corrected chi connectivity index (χ1v) is 13.9. The summed E-state index contributed by atoms with van der Waals surface area (Å²) < 4.78 is 5.77. The monoisotopic (exact) mass is 562 g/mol. The average molecular weight is 563 g/mol. The van der Waals surface area contributed by atoms with E-state index in [-0.39, 0.29) is 16.9 Å². The molecule has 0 saturated heterocycles. The van der Waals surface area contributed by atoms with Crippen molar-refractivity contribution in [3.8, 4) is 5.75 Å². The van der Waals surface area contributed by atoms with Crippen molar-refractivity contribution in [1.82, 2.24) is 4.90 Å². The molecule has 0 heterocycles. The molecule has 39 heavy (non-hydrogen) atoms. The van der Waals surface area contributed by atoms with Crippen molar-refractivity contribution in [2.45, 2.75) is 50.0 Å². The Kier molecular flexibility index (Phi) is 7.87. The van der Waals surface area contributed by atoms with E-state index in [2.05, 4.69) is 0 Å². The summed E-state index contributed by atoms with van der Waals surface area (Å²) in [7, 11) is 3.06. The Morgan fingerprint density at radius 3 is 2.44 bits per heavy atom. The number of Topliss-reactive ketones (excluding diaryl/α,β-unsaturated/α-hetero) is 2. The summed E-state index contributed by atoms with van der Waals surface area (Å²) in [5, 5.41) is 45.3. The van der Waals surface area contributed by atoms with Crippen LogP contribution in [0.15, 0.2) is 23.8 Å². The van der Waals surface area contributed by atoms with Gasteiger partial charge in [0.15, 0.2) is 11.4 Å². The Morgan fingerprint density at radius 1 is 1.21 bits per heavy atom. The maximum Gasteiger partial charge on any atom is 0.302 e. The van der Waals surface area contributed by atoms with E-state index < -0.39 is 76.7 Å². The smallest absolute Gasteiger partial charge is 0.302 e. The number of ketones is 2. The number of ether oxygens (including phenoxy) is 1. The number of carbonyl (C=O) groups is 4. The molecule has 2 fully saturated rings. The van der Waals surface area contributed by atoms with Crippen LogP contribution in [0.25, 0.3) is 5.76 Å². The number of amides is 1. The summed E-state index contributed by atoms with van der Waals surface area (Å²) >= 11 is 1.56.